The third-order valence-corrected chi connectivity index (χ3v) is 3.95. The topological polar surface area (TPSA) is 46.6 Å². The van der Waals surface area contributed by atoms with Crippen LogP contribution in [-0.2, 0) is 9.53 Å². The molecule has 1 aromatic carbocycles. The molecular formula is C18H23NO3. The van der Waals surface area contributed by atoms with Crippen LogP contribution in [0.2, 0.25) is 0 Å². The summed E-state index contributed by atoms with van der Waals surface area (Å²) >= 11 is 0. The lowest BCUT2D eigenvalue weighted by Crippen LogP contribution is -2.26. The second-order valence-corrected chi connectivity index (χ2v) is 5.46. The maximum Gasteiger partial charge on any atom is 0.336 e. The zero-order chi connectivity index (χ0) is 15.9. The summed E-state index contributed by atoms with van der Waals surface area (Å²) in [6, 6.07) is 9.11. The molecule has 1 aromatic rings. The Morgan fingerprint density at radius 2 is 1.91 bits per heavy atom. The van der Waals surface area contributed by atoms with Gasteiger partial charge in [0.25, 0.3) is 0 Å². The monoisotopic (exact) mass is 301 g/mol. The standard InChI is InChI=1S/C18H23NO3/c1-3-4-8-12-19-13-11-15(18(21)22-2)16(19)17(20)14-9-6-5-7-10-14/h5-7,9-10H,3-4,8,11-13H2,1-2H3. The first-order valence-electron chi connectivity index (χ1n) is 7.85. The number of Topliss-reactive ketones (excluding diaryl/α,β-unsaturated/α-hetero) is 1. The second-order valence-electron chi connectivity index (χ2n) is 5.46. The number of hydrogen-bond acceptors (Lipinski definition) is 4. The Labute approximate surface area is 131 Å². The van der Waals surface area contributed by atoms with E-state index >= 15 is 0 Å². The van der Waals surface area contributed by atoms with Crippen LogP contribution >= 0.6 is 0 Å². The fraction of sp³-hybridized carbons (Fsp3) is 0.444. The van der Waals surface area contributed by atoms with E-state index in [2.05, 4.69) is 6.92 Å². The summed E-state index contributed by atoms with van der Waals surface area (Å²) in [7, 11) is 1.36. The van der Waals surface area contributed by atoms with Gasteiger partial charge in [0, 0.05) is 18.7 Å². The highest BCUT2D eigenvalue weighted by Gasteiger charge is 2.32. The minimum absolute atomic E-state index is 0.0880. The zero-order valence-electron chi connectivity index (χ0n) is 13.3. The minimum atomic E-state index is -0.391. The molecule has 0 unspecified atom stereocenters. The average Bonchev–Trinajstić information content (AvgIpc) is 2.98. The number of benzene rings is 1. The highest BCUT2D eigenvalue weighted by atomic mass is 16.5. The van der Waals surface area contributed by atoms with E-state index in [1.807, 2.05) is 23.1 Å². The molecule has 0 amide bonds. The van der Waals surface area contributed by atoms with Crippen molar-refractivity contribution in [2.45, 2.75) is 32.6 Å². The first kappa shape index (κ1) is 16.3. The number of allylic oxidation sites excluding steroid dienone is 1. The Hall–Kier alpha value is -2.10. The molecule has 0 aliphatic carbocycles. The molecule has 0 atom stereocenters. The first-order chi connectivity index (χ1) is 10.7. The average molecular weight is 301 g/mol. The molecule has 1 aliphatic heterocycles. The highest BCUT2D eigenvalue weighted by molar-refractivity contribution is 6.12. The minimum Gasteiger partial charge on any atom is -0.466 e. The van der Waals surface area contributed by atoms with Crippen LogP contribution in [0.15, 0.2) is 41.6 Å². The van der Waals surface area contributed by atoms with E-state index in [1.165, 1.54) is 7.11 Å². The third-order valence-electron chi connectivity index (χ3n) is 3.95. The van der Waals surface area contributed by atoms with Crippen molar-refractivity contribution in [3.8, 4) is 0 Å². The Morgan fingerprint density at radius 3 is 2.55 bits per heavy atom. The van der Waals surface area contributed by atoms with Crippen LogP contribution in [0.1, 0.15) is 43.0 Å². The van der Waals surface area contributed by atoms with Gasteiger partial charge in [-0.15, -0.1) is 0 Å². The summed E-state index contributed by atoms with van der Waals surface area (Å²) in [6.45, 7) is 3.67. The fourth-order valence-corrected chi connectivity index (χ4v) is 2.77. The molecular weight excluding hydrogens is 278 g/mol. The van der Waals surface area contributed by atoms with Gasteiger partial charge in [0.05, 0.1) is 18.4 Å². The normalized spacial score (nSPS) is 14.4. The van der Waals surface area contributed by atoms with Gasteiger partial charge in [0.2, 0.25) is 5.78 Å². The molecule has 1 aliphatic rings. The molecule has 118 valence electrons. The van der Waals surface area contributed by atoms with E-state index in [9.17, 15) is 9.59 Å². The van der Waals surface area contributed by atoms with Crippen molar-refractivity contribution in [1.82, 2.24) is 4.90 Å². The zero-order valence-corrected chi connectivity index (χ0v) is 13.3. The van der Waals surface area contributed by atoms with Gasteiger partial charge < -0.3 is 9.64 Å². The molecule has 0 aromatic heterocycles. The molecule has 0 spiro atoms. The largest absolute Gasteiger partial charge is 0.466 e. The maximum atomic E-state index is 12.8. The van der Waals surface area contributed by atoms with Crippen LogP contribution in [-0.4, -0.2) is 36.9 Å². The highest BCUT2D eigenvalue weighted by Crippen LogP contribution is 2.27. The maximum absolute atomic E-state index is 12.8. The number of ketones is 1. The molecule has 0 bridgehead atoms. The molecule has 0 saturated heterocycles. The molecule has 0 radical (unpaired) electrons. The number of rotatable bonds is 7. The molecule has 1 heterocycles. The SMILES string of the molecule is CCCCCN1CCC(C(=O)OC)=C1C(=O)c1ccccc1. The van der Waals surface area contributed by atoms with Gasteiger partial charge in [0.15, 0.2) is 0 Å². The van der Waals surface area contributed by atoms with Gasteiger partial charge in [-0.3, -0.25) is 4.79 Å². The second kappa shape index (κ2) is 7.78. The lowest BCUT2D eigenvalue weighted by molar-refractivity contribution is -0.136. The molecule has 2 rings (SSSR count). The van der Waals surface area contributed by atoms with Crippen molar-refractivity contribution < 1.29 is 14.3 Å². The fourth-order valence-electron chi connectivity index (χ4n) is 2.77. The summed E-state index contributed by atoms with van der Waals surface area (Å²) < 4.78 is 4.85. The predicted octanol–water partition coefficient (Wildman–Crippen LogP) is 3.19. The van der Waals surface area contributed by atoms with E-state index in [0.29, 0.717) is 29.8 Å². The Kier molecular flexibility index (Phi) is 5.75. The lowest BCUT2D eigenvalue weighted by Gasteiger charge is -2.21. The van der Waals surface area contributed by atoms with Gasteiger partial charge >= 0.3 is 5.97 Å². The molecule has 22 heavy (non-hydrogen) atoms. The van der Waals surface area contributed by atoms with Crippen LogP contribution in [0.25, 0.3) is 0 Å². The van der Waals surface area contributed by atoms with Crippen molar-refractivity contribution in [3.63, 3.8) is 0 Å². The van der Waals surface area contributed by atoms with Gasteiger partial charge in [0.1, 0.15) is 0 Å². The van der Waals surface area contributed by atoms with Crippen molar-refractivity contribution in [2.75, 3.05) is 20.2 Å². The van der Waals surface area contributed by atoms with Gasteiger partial charge in [-0.2, -0.15) is 0 Å². The first-order valence-corrected chi connectivity index (χ1v) is 7.85. The van der Waals surface area contributed by atoms with Crippen molar-refractivity contribution in [1.29, 1.82) is 0 Å². The number of hydrogen-bond donors (Lipinski definition) is 0. The molecule has 0 saturated carbocycles. The number of methoxy groups -OCH3 is 1. The van der Waals surface area contributed by atoms with Gasteiger partial charge in [-0.25, -0.2) is 4.79 Å². The van der Waals surface area contributed by atoms with Crippen molar-refractivity contribution >= 4 is 11.8 Å². The summed E-state index contributed by atoms with van der Waals surface area (Å²) in [5.41, 5.74) is 1.64. The molecule has 0 fully saturated rings. The number of unbranched alkanes of at least 4 members (excludes halogenated alkanes) is 2. The predicted molar refractivity (Wildman–Crippen MR) is 85.5 cm³/mol. The van der Waals surface area contributed by atoms with E-state index in [4.69, 9.17) is 4.74 Å². The summed E-state index contributed by atoms with van der Waals surface area (Å²) in [6.07, 6.45) is 3.85. The van der Waals surface area contributed by atoms with E-state index in [0.717, 1.165) is 25.8 Å². The quantitative estimate of drug-likeness (QED) is 0.441. The number of carbonyl (C=O) groups is 2. The Balaban J connectivity index is 2.29. The van der Waals surface area contributed by atoms with Crippen LogP contribution in [0.5, 0.6) is 0 Å². The van der Waals surface area contributed by atoms with Crippen molar-refractivity contribution in [2.24, 2.45) is 0 Å². The lowest BCUT2D eigenvalue weighted by atomic mass is 10.0. The number of ether oxygens (including phenoxy) is 1. The molecule has 4 nitrogen and oxygen atoms in total. The number of esters is 1. The van der Waals surface area contributed by atoms with E-state index in [-0.39, 0.29) is 5.78 Å². The number of carbonyl (C=O) groups excluding carboxylic acids is 2. The van der Waals surface area contributed by atoms with Crippen LogP contribution in [0.4, 0.5) is 0 Å². The Morgan fingerprint density at radius 1 is 1.18 bits per heavy atom. The smallest absolute Gasteiger partial charge is 0.336 e. The molecule has 4 heteroatoms. The summed E-state index contributed by atoms with van der Waals surface area (Å²) in [4.78, 5) is 26.8. The van der Waals surface area contributed by atoms with Crippen LogP contribution < -0.4 is 0 Å². The van der Waals surface area contributed by atoms with Crippen LogP contribution in [0, 0.1) is 0 Å². The summed E-state index contributed by atoms with van der Waals surface area (Å²) in [5, 5.41) is 0. The van der Waals surface area contributed by atoms with Crippen LogP contribution in [0.3, 0.4) is 0 Å². The third kappa shape index (κ3) is 3.56. The van der Waals surface area contributed by atoms with Gasteiger partial charge in [-0.05, 0) is 12.8 Å². The molecule has 0 N–H and O–H groups in total. The van der Waals surface area contributed by atoms with Crippen molar-refractivity contribution in [3.05, 3.63) is 47.2 Å². The van der Waals surface area contributed by atoms with E-state index in [1.54, 1.807) is 12.1 Å². The van der Waals surface area contributed by atoms with E-state index < -0.39 is 5.97 Å². The Bertz CT molecular complexity index is 563. The number of nitrogens with zero attached hydrogens (tertiary/aromatic N) is 1. The van der Waals surface area contributed by atoms with Gasteiger partial charge in [-0.1, -0.05) is 50.1 Å². The summed E-state index contributed by atoms with van der Waals surface area (Å²) in [5.74, 6) is -0.479.